The molecule has 0 aliphatic rings. The summed E-state index contributed by atoms with van der Waals surface area (Å²) in [5.74, 6) is -0.288. The van der Waals surface area contributed by atoms with Gasteiger partial charge in [0.1, 0.15) is 5.69 Å². The zero-order valence-corrected chi connectivity index (χ0v) is 10.9. The normalized spacial score (nSPS) is 12.1. The maximum absolute atomic E-state index is 11.6. The number of nitrogens with zero attached hydrogens (tertiary/aromatic N) is 1. The Morgan fingerprint density at radius 1 is 1.44 bits per heavy atom. The third kappa shape index (κ3) is 3.29. The number of aliphatic hydroxyl groups is 1. The number of amides is 1. The van der Waals surface area contributed by atoms with Crippen molar-refractivity contribution in [1.29, 1.82) is 0 Å². The molecule has 2 rings (SSSR count). The van der Waals surface area contributed by atoms with Crippen molar-refractivity contribution in [2.24, 2.45) is 0 Å². The highest BCUT2D eigenvalue weighted by Gasteiger charge is 2.11. The van der Waals surface area contributed by atoms with Gasteiger partial charge >= 0.3 is 0 Å². The molecule has 1 amide bonds. The quantitative estimate of drug-likeness (QED) is 0.904. The van der Waals surface area contributed by atoms with Crippen molar-refractivity contribution in [3.63, 3.8) is 0 Å². The number of halogens is 1. The predicted octanol–water partition coefficient (Wildman–Crippen LogP) is 2.26. The number of aliphatic hydroxyl groups excluding tert-OH is 1. The van der Waals surface area contributed by atoms with E-state index in [1.807, 2.05) is 0 Å². The van der Waals surface area contributed by atoms with Gasteiger partial charge in [-0.15, -0.1) is 11.3 Å². The number of nitrogens with one attached hydrogen (secondary N) is 1. The van der Waals surface area contributed by atoms with Crippen molar-refractivity contribution in [3.8, 4) is 0 Å². The number of rotatable bonds is 4. The number of thiazole rings is 1. The SMILES string of the molecule is O=C(NCC(O)c1ccc(Cl)cc1)c1cscn1. The molecule has 94 valence electrons. The number of hydrogen-bond acceptors (Lipinski definition) is 4. The number of carbonyl (C=O) groups excluding carboxylic acids is 1. The van der Waals surface area contributed by atoms with Gasteiger partial charge < -0.3 is 10.4 Å². The monoisotopic (exact) mass is 282 g/mol. The molecule has 1 unspecified atom stereocenters. The van der Waals surface area contributed by atoms with E-state index in [0.29, 0.717) is 16.3 Å². The third-order valence-corrected chi connectivity index (χ3v) is 3.21. The summed E-state index contributed by atoms with van der Waals surface area (Å²) in [4.78, 5) is 15.5. The maximum atomic E-state index is 11.6. The molecular weight excluding hydrogens is 272 g/mol. The largest absolute Gasteiger partial charge is 0.387 e. The molecule has 18 heavy (non-hydrogen) atoms. The Morgan fingerprint density at radius 3 is 2.78 bits per heavy atom. The predicted molar refractivity (Wildman–Crippen MR) is 70.9 cm³/mol. The van der Waals surface area contributed by atoms with Crippen molar-refractivity contribution in [2.75, 3.05) is 6.54 Å². The van der Waals surface area contributed by atoms with Gasteiger partial charge in [-0.25, -0.2) is 4.98 Å². The summed E-state index contributed by atoms with van der Waals surface area (Å²) in [5, 5.41) is 14.8. The van der Waals surface area contributed by atoms with E-state index in [4.69, 9.17) is 11.6 Å². The van der Waals surface area contributed by atoms with Gasteiger partial charge in [-0.05, 0) is 17.7 Å². The highest BCUT2D eigenvalue weighted by molar-refractivity contribution is 7.07. The minimum atomic E-state index is -0.759. The highest BCUT2D eigenvalue weighted by Crippen LogP contribution is 2.15. The number of hydrogen-bond donors (Lipinski definition) is 2. The fourth-order valence-electron chi connectivity index (χ4n) is 1.41. The maximum Gasteiger partial charge on any atom is 0.270 e. The first kappa shape index (κ1) is 13.0. The molecule has 0 aliphatic heterocycles. The summed E-state index contributed by atoms with van der Waals surface area (Å²) in [5.41, 5.74) is 2.66. The molecule has 1 atom stereocenters. The lowest BCUT2D eigenvalue weighted by Crippen LogP contribution is -2.28. The van der Waals surface area contributed by atoms with E-state index >= 15 is 0 Å². The highest BCUT2D eigenvalue weighted by atomic mass is 35.5. The van der Waals surface area contributed by atoms with E-state index < -0.39 is 6.10 Å². The van der Waals surface area contributed by atoms with Crippen molar-refractivity contribution in [3.05, 3.63) is 51.4 Å². The smallest absolute Gasteiger partial charge is 0.270 e. The fraction of sp³-hybridized carbons (Fsp3) is 0.167. The van der Waals surface area contributed by atoms with Crippen LogP contribution in [0.4, 0.5) is 0 Å². The van der Waals surface area contributed by atoms with Crippen molar-refractivity contribution >= 4 is 28.8 Å². The summed E-state index contributed by atoms with van der Waals surface area (Å²) in [6.45, 7) is 0.137. The van der Waals surface area contributed by atoms with E-state index in [9.17, 15) is 9.90 Å². The molecular formula is C12H11ClN2O2S. The Morgan fingerprint density at radius 2 is 2.17 bits per heavy atom. The van der Waals surface area contributed by atoms with Crippen LogP contribution in [0.1, 0.15) is 22.2 Å². The Kier molecular flexibility index (Phi) is 4.30. The Hall–Kier alpha value is -1.43. The van der Waals surface area contributed by atoms with Gasteiger partial charge in [-0.2, -0.15) is 0 Å². The van der Waals surface area contributed by atoms with Gasteiger partial charge in [0.15, 0.2) is 0 Å². The van der Waals surface area contributed by atoms with Crippen LogP contribution >= 0.6 is 22.9 Å². The van der Waals surface area contributed by atoms with Crippen molar-refractivity contribution in [2.45, 2.75) is 6.10 Å². The topological polar surface area (TPSA) is 62.2 Å². The molecule has 6 heteroatoms. The van der Waals surface area contributed by atoms with Gasteiger partial charge in [0.25, 0.3) is 5.91 Å². The summed E-state index contributed by atoms with van der Waals surface area (Å²) in [6, 6.07) is 6.84. The van der Waals surface area contributed by atoms with E-state index in [1.165, 1.54) is 11.3 Å². The number of benzene rings is 1. The van der Waals surface area contributed by atoms with E-state index in [0.717, 1.165) is 0 Å². The second-order valence-electron chi connectivity index (χ2n) is 3.65. The van der Waals surface area contributed by atoms with E-state index in [2.05, 4.69) is 10.3 Å². The first-order valence-electron chi connectivity index (χ1n) is 5.27. The number of carbonyl (C=O) groups is 1. The molecule has 0 fully saturated rings. The molecule has 0 saturated heterocycles. The molecule has 0 spiro atoms. The molecule has 0 aliphatic carbocycles. The summed E-state index contributed by atoms with van der Waals surface area (Å²) < 4.78 is 0. The minimum Gasteiger partial charge on any atom is -0.387 e. The second kappa shape index (κ2) is 5.95. The van der Waals surface area contributed by atoms with Gasteiger partial charge in [0, 0.05) is 16.9 Å². The summed E-state index contributed by atoms with van der Waals surface area (Å²) in [6.07, 6.45) is -0.759. The Bertz CT molecular complexity index is 513. The van der Waals surface area contributed by atoms with E-state index in [1.54, 1.807) is 35.2 Å². The number of aromatic nitrogens is 1. The van der Waals surface area contributed by atoms with Crippen LogP contribution in [0.5, 0.6) is 0 Å². The average molecular weight is 283 g/mol. The molecule has 1 aromatic heterocycles. The summed E-state index contributed by atoms with van der Waals surface area (Å²) >= 11 is 7.10. The zero-order valence-electron chi connectivity index (χ0n) is 9.34. The average Bonchev–Trinajstić information content (AvgIpc) is 2.90. The van der Waals surface area contributed by atoms with Crippen LogP contribution in [0.25, 0.3) is 0 Å². The van der Waals surface area contributed by atoms with Crippen LogP contribution < -0.4 is 5.32 Å². The standard InChI is InChI=1S/C12H11ClN2O2S/c13-9-3-1-8(2-4-9)11(16)5-14-12(17)10-6-18-7-15-10/h1-4,6-7,11,16H,5H2,(H,14,17). The first-order chi connectivity index (χ1) is 8.66. The van der Waals surface area contributed by atoms with Crippen molar-refractivity contribution in [1.82, 2.24) is 10.3 Å². The van der Waals surface area contributed by atoms with Crippen LogP contribution in [0.3, 0.4) is 0 Å². The molecule has 0 bridgehead atoms. The van der Waals surface area contributed by atoms with Gasteiger partial charge in [-0.3, -0.25) is 4.79 Å². The van der Waals surface area contributed by atoms with E-state index in [-0.39, 0.29) is 12.5 Å². The first-order valence-corrected chi connectivity index (χ1v) is 6.59. The van der Waals surface area contributed by atoms with Gasteiger partial charge in [0.2, 0.25) is 0 Å². The third-order valence-electron chi connectivity index (χ3n) is 2.38. The van der Waals surface area contributed by atoms with Gasteiger partial charge in [-0.1, -0.05) is 23.7 Å². The van der Waals surface area contributed by atoms with Crippen LogP contribution in [-0.4, -0.2) is 22.5 Å². The Labute approximate surface area is 113 Å². The molecule has 2 aromatic rings. The Balaban J connectivity index is 1.90. The molecule has 4 nitrogen and oxygen atoms in total. The van der Waals surface area contributed by atoms with Gasteiger partial charge in [0.05, 0.1) is 11.6 Å². The second-order valence-corrected chi connectivity index (χ2v) is 4.81. The van der Waals surface area contributed by atoms with Crippen LogP contribution in [-0.2, 0) is 0 Å². The van der Waals surface area contributed by atoms with Crippen LogP contribution in [0.2, 0.25) is 5.02 Å². The zero-order chi connectivity index (χ0) is 13.0. The van der Waals surface area contributed by atoms with Crippen LogP contribution in [0.15, 0.2) is 35.2 Å². The molecule has 1 heterocycles. The molecule has 1 aromatic carbocycles. The fourth-order valence-corrected chi connectivity index (χ4v) is 2.07. The lowest BCUT2D eigenvalue weighted by molar-refractivity contribution is 0.0912. The lowest BCUT2D eigenvalue weighted by atomic mass is 10.1. The molecule has 0 radical (unpaired) electrons. The summed E-state index contributed by atoms with van der Waals surface area (Å²) in [7, 11) is 0. The molecule has 2 N–H and O–H groups in total. The van der Waals surface area contributed by atoms with Crippen LogP contribution in [0, 0.1) is 0 Å². The molecule has 0 saturated carbocycles. The lowest BCUT2D eigenvalue weighted by Gasteiger charge is -2.11. The minimum absolute atomic E-state index is 0.137. The van der Waals surface area contributed by atoms with Crippen molar-refractivity contribution < 1.29 is 9.90 Å².